The molecule has 1 aromatic carbocycles. The van der Waals surface area contributed by atoms with Crippen molar-refractivity contribution in [2.24, 2.45) is 11.7 Å². The van der Waals surface area contributed by atoms with Crippen LogP contribution in [0.2, 0.25) is 0 Å². The van der Waals surface area contributed by atoms with Gasteiger partial charge in [0, 0.05) is 36.4 Å². The molecule has 3 atom stereocenters. The summed E-state index contributed by atoms with van der Waals surface area (Å²) in [5, 5.41) is 3.64. The predicted molar refractivity (Wildman–Crippen MR) is 116 cm³/mol. The summed E-state index contributed by atoms with van der Waals surface area (Å²) in [6, 6.07) is 9.80. The average Bonchev–Trinajstić information content (AvgIpc) is 3.28. The predicted octanol–water partition coefficient (Wildman–Crippen LogP) is 3.16. The van der Waals surface area contributed by atoms with E-state index in [2.05, 4.69) is 10.3 Å². The van der Waals surface area contributed by atoms with E-state index in [1.165, 1.54) is 10.8 Å². The molecule has 0 spiro atoms. The number of fused-ring (bicyclic) bond motifs is 2. The lowest BCUT2D eigenvalue weighted by Gasteiger charge is -2.26. The largest absolute Gasteiger partial charge is 0.351 e. The molecular weight excluding hydrogens is 394 g/mol. The highest BCUT2D eigenvalue weighted by Gasteiger charge is 2.55. The van der Waals surface area contributed by atoms with Gasteiger partial charge in [0.1, 0.15) is 0 Å². The first-order valence-corrected chi connectivity index (χ1v) is 10.4. The highest BCUT2D eigenvalue weighted by atomic mass is 16.2. The standard InChI is InChI=1S/C23H23N5O3/c24-22(30)27-13-17(16-5-1-2-6-18(16)27)26-23(31)28-19-10-15(19)11-20(28)21(29)8-7-14-4-3-9-25-12-14/h1-6,9,12-13,15,19-20H,7-8,10-11H2,(H2,24,30)(H,26,31)/t15-,19-,20+/m1/s1. The number of para-hydroxylation sites is 1. The second-order valence-corrected chi connectivity index (χ2v) is 8.25. The fourth-order valence-electron chi connectivity index (χ4n) is 4.66. The first-order valence-electron chi connectivity index (χ1n) is 10.4. The Bertz CT molecular complexity index is 1170. The van der Waals surface area contributed by atoms with E-state index in [0.29, 0.717) is 36.4 Å². The zero-order valence-electron chi connectivity index (χ0n) is 16.9. The van der Waals surface area contributed by atoms with Crippen LogP contribution >= 0.6 is 0 Å². The van der Waals surface area contributed by atoms with E-state index in [9.17, 15) is 14.4 Å². The second-order valence-electron chi connectivity index (χ2n) is 8.25. The first kappa shape index (κ1) is 19.3. The van der Waals surface area contributed by atoms with Crippen LogP contribution in [0, 0.1) is 5.92 Å². The molecule has 2 fully saturated rings. The van der Waals surface area contributed by atoms with Crippen molar-refractivity contribution >= 4 is 34.4 Å². The van der Waals surface area contributed by atoms with Crippen LogP contribution in [-0.4, -0.2) is 44.4 Å². The van der Waals surface area contributed by atoms with Gasteiger partial charge in [-0.1, -0.05) is 24.3 Å². The molecule has 1 aliphatic heterocycles. The fraction of sp³-hybridized carbons (Fsp3) is 0.304. The minimum atomic E-state index is -0.622. The van der Waals surface area contributed by atoms with Crippen LogP contribution in [-0.2, 0) is 11.2 Å². The maximum absolute atomic E-state index is 13.2. The number of likely N-dealkylation sites (tertiary alicyclic amines) is 1. The van der Waals surface area contributed by atoms with E-state index >= 15 is 0 Å². The first-order chi connectivity index (χ1) is 15.0. The van der Waals surface area contributed by atoms with Crippen LogP contribution in [0.1, 0.15) is 24.8 Å². The molecule has 3 heterocycles. The Morgan fingerprint density at radius 3 is 2.74 bits per heavy atom. The minimum absolute atomic E-state index is 0.0748. The Balaban J connectivity index is 1.33. The number of hydrogen-bond donors (Lipinski definition) is 2. The van der Waals surface area contributed by atoms with Crippen LogP contribution < -0.4 is 11.1 Å². The Hall–Kier alpha value is -3.68. The fourth-order valence-corrected chi connectivity index (χ4v) is 4.66. The maximum atomic E-state index is 13.2. The SMILES string of the molecule is NC(=O)n1cc(NC(=O)N2[C@@H]3C[C@@H]3C[C@H]2C(=O)CCc2cccnc2)c2ccccc21. The van der Waals surface area contributed by atoms with Gasteiger partial charge in [0.2, 0.25) is 0 Å². The number of primary amides is 1. The van der Waals surface area contributed by atoms with Gasteiger partial charge < -0.3 is 16.0 Å². The van der Waals surface area contributed by atoms with E-state index in [4.69, 9.17) is 5.73 Å². The summed E-state index contributed by atoms with van der Waals surface area (Å²) in [5.74, 6) is 0.468. The number of aromatic nitrogens is 2. The lowest BCUT2D eigenvalue weighted by atomic mass is 10.0. The number of anilines is 1. The number of Topliss-reactive ketones (excluding diaryl/α,β-unsaturated/α-hetero) is 1. The smallest absolute Gasteiger partial charge is 0.323 e. The molecule has 5 rings (SSSR count). The number of urea groups is 1. The number of benzene rings is 1. The van der Waals surface area contributed by atoms with Crippen molar-refractivity contribution in [1.29, 1.82) is 0 Å². The number of rotatable bonds is 5. The quantitative estimate of drug-likeness (QED) is 0.664. The monoisotopic (exact) mass is 417 g/mol. The molecule has 3 N–H and O–H groups in total. The lowest BCUT2D eigenvalue weighted by molar-refractivity contribution is -0.122. The number of carbonyl (C=O) groups is 3. The molecule has 0 radical (unpaired) electrons. The highest BCUT2D eigenvalue weighted by Crippen LogP contribution is 2.48. The summed E-state index contributed by atoms with van der Waals surface area (Å²) in [6.45, 7) is 0. The average molecular weight is 417 g/mol. The number of ketones is 1. The Kier molecular flexibility index (Phi) is 4.69. The number of nitrogens with one attached hydrogen (secondary N) is 1. The number of hydrogen-bond acceptors (Lipinski definition) is 4. The number of amides is 3. The topological polar surface area (TPSA) is 110 Å². The number of aryl methyl sites for hydroxylation is 1. The molecule has 8 nitrogen and oxygen atoms in total. The van der Waals surface area contributed by atoms with Gasteiger partial charge in [-0.2, -0.15) is 0 Å². The van der Waals surface area contributed by atoms with Gasteiger partial charge in [-0.05, 0) is 42.9 Å². The molecular formula is C23H23N5O3. The van der Waals surface area contributed by atoms with Gasteiger partial charge in [0.25, 0.3) is 0 Å². The molecule has 1 aliphatic carbocycles. The molecule has 8 heteroatoms. The van der Waals surface area contributed by atoms with E-state index in [1.807, 2.05) is 24.3 Å². The zero-order valence-corrected chi connectivity index (χ0v) is 16.9. The second kappa shape index (κ2) is 7.54. The Morgan fingerprint density at radius 2 is 1.97 bits per heavy atom. The molecule has 1 saturated carbocycles. The van der Waals surface area contributed by atoms with Crippen molar-refractivity contribution in [2.45, 2.75) is 37.8 Å². The van der Waals surface area contributed by atoms with Crippen molar-refractivity contribution in [3.05, 3.63) is 60.6 Å². The van der Waals surface area contributed by atoms with Gasteiger partial charge in [-0.25, -0.2) is 9.59 Å². The van der Waals surface area contributed by atoms with Crippen molar-refractivity contribution in [2.75, 3.05) is 5.32 Å². The zero-order chi connectivity index (χ0) is 21.5. The van der Waals surface area contributed by atoms with Crippen LogP contribution in [0.15, 0.2) is 55.0 Å². The van der Waals surface area contributed by atoms with Crippen LogP contribution in [0.5, 0.6) is 0 Å². The van der Waals surface area contributed by atoms with Crippen molar-refractivity contribution in [3.63, 3.8) is 0 Å². The number of nitrogens with zero attached hydrogens (tertiary/aromatic N) is 3. The summed E-state index contributed by atoms with van der Waals surface area (Å²) < 4.78 is 1.31. The van der Waals surface area contributed by atoms with Gasteiger partial charge in [-0.3, -0.25) is 14.3 Å². The number of carbonyl (C=O) groups excluding carboxylic acids is 3. The minimum Gasteiger partial charge on any atom is -0.351 e. The molecule has 158 valence electrons. The summed E-state index contributed by atoms with van der Waals surface area (Å²) in [7, 11) is 0. The number of pyridine rings is 1. The van der Waals surface area contributed by atoms with Gasteiger partial charge in [0.15, 0.2) is 5.78 Å². The van der Waals surface area contributed by atoms with Gasteiger partial charge >= 0.3 is 12.1 Å². The molecule has 2 aromatic heterocycles. The van der Waals surface area contributed by atoms with E-state index < -0.39 is 12.1 Å². The number of piperidine rings is 1. The van der Waals surface area contributed by atoms with Crippen LogP contribution in [0.3, 0.4) is 0 Å². The van der Waals surface area contributed by atoms with Gasteiger partial charge in [-0.15, -0.1) is 0 Å². The normalized spacial score (nSPS) is 21.7. The third-order valence-electron chi connectivity index (χ3n) is 6.28. The van der Waals surface area contributed by atoms with Gasteiger partial charge in [0.05, 0.1) is 17.2 Å². The molecule has 1 saturated heterocycles. The Morgan fingerprint density at radius 1 is 1.13 bits per heavy atom. The van der Waals surface area contributed by atoms with E-state index in [-0.39, 0.29) is 17.9 Å². The number of nitrogens with two attached hydrogens (primary N) is 1. The van der Waals surface area contributed by atoms with E-state index in [1.54, 1.807) is 29.4 Å². The van der Waals surface area contributed by atoms with Crippen molar-refractivity contribution in [3.8, 4) is 0 Å². The molecule has 3 aromatic rings. The third-order valence-corrected chi connectivity index (χ3v) is 6.28. The summed E-state index contributed by atoms with van der Waals surface area (Å²) >= 11 is 0. The molecule has 31 heavy (non-hydrogen) atoms. The lowest BCUT2D eigenvalue weighted by Crippen LogP contribution is -2.45. The van der Waals surface area contributed by atoms with Crippen molar-refractivity contribution < 1.29 is 14.4 Å². The molecule has 2 aliphatic rings. The summed E-state index contributed by atoms with van der Waals surface area (Å²) in [5.41, 5.74) is 7.61. The van der Waals surface area contributed by atoms with Crippen molar-refractivity contribution in [1.82, 2.24) is 14.5 Å². The molecule has 0 unspecified atom stereocenters. The summed E-state index contributed by atoms with van der Waals surface area (Å²) in [4.78, 5) is 43.7. The molecule has 0 bridgehead atoms. The van der Waals surface area contributed by atoms with E-state index in [0.717, 1.165) is 17.4 Å². The maximum Gasteiger partial charge on any atom is 0.323 e. The highest BCUT2D eigenvalue weighted by molar-refractivity contribution is 6.05. The van der Waals surface area contributed by atoms with Crippen LogP contribution in [0.25, 0.3) is 10.9 Å². The Labute approximate surface area is 179 Å². The van der Waals surface area contributed by atoms with Crippen LogP contribution in [0.4, 0.5) is 15.3 Å². The molecule has 3 amide bonds. The third kappa shape index (κ3) is 3.54. The summed E-state index contributed by atoms with van der Waals surface area (Å²) in [6.07, 6.45) is 7.64.